The molecule has 7 nitrogen and oxygen atoms in total. The third kappa shape index (κ3) is 6.40. The molecular weight excluding hydrogens is 417 g/mol. The standard InChI is InChI=1S/C20H21Cl2N3O4/c21-18-5-4-15(9-19(18)22)12-24-6-7-29-17(13-24)11-23-20(26)10-14-2-1-3-16(8-14)25(27)28/h1-5,8-9,17H,6-7,10-13H2,(H,23,26). The number of nitrogens with one attached hydrogen (secondary N) is 1. The van der Waals surface area contributed by atoms with Crippen LogP contribution >= 0.6 is 23.2 Å². The summed E-state index contributed by atoms with van der Waals surface area (Å²) in [4.78, 5) is 24.8. The van der Waals surface area contributed by atoms with Crippen LogP contribution in [-0.2, 0) is 22.5 Å². The summed E-state index contributed by atoms with van der Waals surface area (Å²) in [5, 5.41) is 14.7. The van der Waals surface area contributed by atoms with Gasteiger partial charge in [0.1, 0.15) is 0 Å². The number of carbonyl (C=O) groups excluding carboxylic acids is 1. The van der Waals surface area contributed by atoms with Crippen LogP contribution in [0.2, 0.25) is 10.0 Å². The first-order valence-electron chi connectivity index (χ1n) is 9.18. The van der Waals surface area contributed by atoms with E-state index in [1.165, 1.54) is 12.1 Å². The average Bonchev–Trinajstić information content (AvgIpc) is 2.70. The minimum Gasteiger partial charge on any atom is -0.374 e. The molecule has 1 unspecified atom stereocenters. The average molecular weight is 438 g/mol. The summed E-state index contributed by atoms with van der Waals surface area (Å²) in [6, 6.07) is 11.7. The summed E-state index contributed by atoms with van der Waals surface area (Å²) in [6.45, 7) is 3.15. The van der Waals surface area contributed by atoms with Crippen LogP contribution in [-0.4, -0.2) is 48.1 Å². The van der Waals surface area contributed by atoms with E-state index in [4.69, 9.17) is 27.9 Å². The number of rotatable bonds is 7. The summed E-state index contributed by atoms with van der Waals surface area (Å²) in [6.07, 6.45) is -0.0398. The van der Waals surface area contributed by atoms with Crippen LogP contribution in [0.3, 0.4) is 0 Å². The lowest BCUT2D eigenvalue weighted by atomic mass is 10.1. The molecule has 0 radical (unpaired) electrons. The van der Waals surface area contributed by atoms with Crippen LogP contribution in [0.15, 0.2) is 42.5 Å². The van der Waals surface area contributed by atoms with E-state index in [0.717, 1.165) is 18.7 Å². The third-order valence-electron chi connectivity index (χ3n) is 4.63. The van der Waals surface area contributed by atoms with Gasteiger partial charge in [-0.1, -0.05) is 41.4 Å². The zero-order valence-corrected chi connectivity index (χ0v) is 17.2. The first kappa shape index (κ1) is 21.5. The van der Waals surface area contributed by atoms with Crippen LogP contribution in [0.5, 0.6) is 0 Å². The van der Waals surface area contributed by atoms with Crippen molar-refractivity contribution in [2.45, 2.75) is 19.1 Å². The molecule has 1 saturated heterocycles. The smallest absolute Gasteiger partial charge is 0.269 e. The Kier molecular flexibility index (Phi) is 7.44. The zero-order chi connectivity index (χ0) is 20.8. The molecule has 1 amide bonds. The van der Waals surface area contributed by atoms with Crippen molar-refractivity contribution in [1.82, 2.24) is 10.2 Å². The third-order valence-corrected chi connectivity index (χ3v) is 5.37. The van der Waals surface area contributed by atoms with Gasteiger partial charge in [-0.3, -0.25) is 19.8 Å². The highest BCUT2D eigenvalue weighted by Crippen LogP contribution is 2.23. The van der Waals surface area contributed by atoms with Crippen molar-refractivity contribution in [1.29, 1.82) is 0 Å². The van der Waals surface area contributed by atoms with Crippen molar-refractivity contribution in [3.8, 4) is 0 Å². The molecule has 1 N–H and O–H groups in total. The molecule has 1 fully saturated rings. The van der Waals surface area contributed by atoms with Crippen molar-refractivity contribution in [3.05, 3.63) is 73.8 Å². The number of benzene rings is 2. The number of halogens is 2. The molecule has 0 aliphatic carbocycles. The largest absolute Gasteiger partial charge is 0.374 e. The van der Waals surface area contributed by atoms with E-state index in [9.17, 15) is 14.9 Å². The van der Waals surface area contributed by atoms with Crippen LogP contribution in [0.1, 0.15) is 11.1 Å². The monoisotopic (exact) mass is 437 g/mol. The Morgan fingerprint density at radius 2 is 2.03 bits per heavy atom. The van der Waals surface area contributed by atoms with Crippen molar-refractivity contribution in [2.24, 2.45) is 0 Å². The molecule has 2 aromatic carbocycles. The first-order chi connectivity index (χ1) is 13.9. The topological polar surface area (TPSA) is 84.7 Å². The Labute approximate surface area is 178 Å². The van der Waals surface area contributed by atoms with Crippen molar-refractivity contribution in [2.75, 3.05) is 26.2 Å². The maximum atomic E-state index is 12.2. The summed E-state index contributed by atoms with van der Waals surface area (Å²) in [5.41, 5.74) is 1.64. The van der Waals surface area contributed by atoms with Crippen LogP contribution < -0.4 is 5.32 Å². The second-order valence-corrected chi connectivity index (χ2v) is 7.70. The lowest BCUT2D eigenvalue weighted by Gasteiger charge is -2.33. The van der Waals surface area contributed by atoms with E-state index in [1.807, 2.05) is 12.1 Å². The highest BCUT2D eigenvalue weighted by molar-refractivity contribution is 6.42. The normalized spacial score (nSPS) is 17.1. The maximum absolute atomic E-state index is 12.2. The number of hydrogen-bond donors (Lipinski definition) is 1. The fourth-order valence-electron chi connectivity index (χ4n) is 3.20. The van der Waals surface area contributed by atoms with Crippen molar-refractivity contribution < 1.29 is 14.5 Å². The fraction of sp³-hybridized carbons (Fsp3) is 0.350. The fourth-order valence-corrected chi connectivity index (χ4v) is 3.52. The number of ether oxygens (including phenoxy) is 1. The number of nitro benzene ring substituents is 1. The Morgan fingerprint density at radius 1 is 1.21 bits per heavy atom. The molecule has 1 atom stereocenters. The van der Waals surface area contributed by atoms with E-state index in [0.29, 0.717) is 35.3 Å². The zero-order valence-electron chi connectivity index (χ0n) is 15.6. The lowest BCUT2D eigenvalue weighted by Crippen LogP contribution is -2.47. The van der Waals surface area contributed by atoms with E-state index in [-0.39, 0.29) is 24.1 Å². The van der Waals surface area contributed by atoms with Gasteiger partial charge in [-0.2, -0.15) is 0 Å². The van der Waals surface area contributed by atoms with Gasteiger partial charge in [-0.15, -0.1) is 0 Å². The lowest BCUT2D eigenvalue weighted by molar-refractivity contribution is -0.384. The van der Waals surface area contributed by atoms with Gasteiger partial charge in [-0.25, -0.2) is 0 Å². The molecule has 0 aromatic heterocycles. The Morgan fingerprint density at radius 3 is 2.79 bits per heavy atom. The quantitative estimate of drug-likeness (QED) is 0.529. The Bertz CT molecular complexity index is 894. The minimum absolute atomic E-state index is 0.0242. The summed E-state index contributed by atoms with van der Waals surface area (Å²) < 4.78 is 5.75. The van der Waals surface area contributed by atoms with Gasteiger partial charge in [-0.05, 0) is 23.3 Å². The molecule has 0 spiro atoms. The SMILES string of the molecule is O=C(Cc1cccc([N+](=O)[O-])c1)NCC1CN(Cc2ccc(Cl)c(Cl)c2)CCO1. The number of nitro groups is 1. The molecule has 1 aliphatic rings. The van der Waals surface area contributed by atoms with E-state index < -0.39 is 4.92 Å². The molecule has 9 heteroatoms. The van der Waals surface area contributed by atoms with Crippen LogP contribution in [0.4, 0.5) is 5.69 Å². The van der Waals surface area contributed by atoms with Gasteiger partial charge < -0.3 is 10.1 Å². The summed E-state index contributed by atoms with van der Waals surface area (Å²) in [5.74, 6) is -0.198. The van der Waals surface area contributed by atoms with Crippen molar-refractivity contribution >= 4 is 34.8 Å². The van der Waals surface area contributed by atoms with Gasteiger partial charge in [0.2, 0.25) is 5.91 Å². The molecule has 1 aliphatic heterocycles. The van der Waals surface area contributed by atoms with Crippen molar-refractivity contribution in [3.63, 3.8) is 0 Å². The molecule has 2 aromatic rings. The molecule has 0 saturated carbocycles. The Balaban J connectivity index is 1.47. The summed E-state index contributed by atoms with van der Waals surface area (Å²) >= 11 is 12.0. The van der Waals surface area contributed by atoms with Gasteiger partial charge in [0.05, 0.1) is 34.1 Å². The predicted molar refractivity (Wildman–Crippen MR) is 111 cm³/mol. The number of carbonyl (C=O) groups is 1. The van der Waals surface area contributed by atoms with Crippen LogP contribution in [0.25, 0.3) is 0 Å². The number of hydrogen-bond acceptors (Lipinski definition) is 5. The first-order valence-corrected chi connectivity index (χ1v) is 9.94. The highest BCUT2D eigenvalue weighted by Gasteiger charge is 2.21. The van der Waals surface area contributed by atoms with Crippen LogP contribution in [0, 0.1) is 10.1 Å². The number of nitrogens with zero attached hydrogens (tertiary/aromatic N) is 2. The predicted octanol–water partition coefficient (Wildman–Crippen LogP) is 3.46. The van der Waals surface area contributed by atoms with E-state index in [2.05, 4.69) is 10.2 Å². The molecule has 154 valence electrons. The second-order valence-electron chi connectivity index (χ2n) is 6.88. The van der Waals surface area contributed by atoms with Gasteiger partial charge in [0, 0.05) is 38.3 Å². The second kappa shape index (κ2) is 10.0. The molecule has 0 bridgehead atoms. The molecule has 1 heterocycles. The van der Waals surface area contributed by atoms with Gasteiger partial charge in [0.25, 0.3) is 5.69 Å². The number of morpholine rings is 1. The van der Waals surface area contributed by atoms with E-state index in [1.54, 1.807) is 18.2 Å². The van der Waals surface area contributed by atoms with E-state index >= 15 is 0 Å². The number of non-ortho nitro benzene ring substituents is 1. The Hall–Kier alpha value is -2.19. The summed E-state index contributed by atoms with van der Waals surface area (Å²) in [7, 11) is 0. The maximum Gasteiger partial charge on any atom is 0.269 e. The molecule has 3 rings (SSSR count). The highest BCUT2D eigenvalue weighted by atomic mass is 35.5. The minimum atomic E-state index is -0.472. The number of amides is 1. The molecular formula is C20H21Cl2N3O4. The van der Waals surface area contributed by atoms with Gasteiger partial charge >= 0.3 is 0 Å². The van der Waals surface area contributed by atoms with Gasteiger partial charge in [0.15, 0.2) is 0 Å². The molecule has 29 heavy (non-hydrogen) atoms.